The molecule has 30 heavy (non-hydrogen) atoms. The van der Waals surface area contributed by atoms with Crippen LogP contribution < -0.4 is 0 Å². The maximum atomic E-state index is 13.3. The number of nitrogens with zero attached hydrogens (tertiary/aromatic N) is 2. The first-order valence-electron chi connectivity index (χ1n) is 11.0. The highest BCUT2D eigenvalue weighted by Gasteiger charge is 2.31. The summed E-state index contributed by atoms with van der Waals surface area (Å²) in [6.07, 6.45) is 4.61. The van der Waals surface area contributed by atoms with Crippen molar-refractivity contribution in [2.75, 3.05) is 33.4 Å². The normalized spacial score (nSPS) is 14.2. The first-order valence-corrected chi connectivity index (χ1v) is 11.0. The van der Waals surface area contributed by atoms with E-state index in [1.807, 2.05) is 18.4 Å². The van der Waals surface area contributed by atoms with Gasteiger partial charge in [-0.3, -0.25) is 9.59 Å². The third kappa shape index (κ3) is 5.31. The third-order valence-electron chi connectivity index (χ3n) is 5.96. The molecule has 0 bridgehead atoms. The zero-order valence-corrected chi connectivity index (χ0v) is 19.1. The summed E-state index contributed by atoms with van der Waals surface area (Å²) < 4.78 is 12.2. The summed E-state index contributed by atoms with van der Waals surface area (Å²) >= 11 is 0. The Kier molecular flexibility index (Phi) is 9.08. The zero-order valence-electron chi connectivity index (χ0n) is 19.1. The van der Waals surface area contributed by atoms with Gasteiger partial charge in [-0.1, -0.05) is 12.8 Å². The number of Topliss-reactive ketones (excluding diaryl/α,β-unsaturated/α-hetero) is 1. The highest BCUT2D eigenvalue weighted by molar-refractivity contribution is 6.04. The Balaban J connectivity index is 2.29. The van der Waals surface area contributed by atoms with Gasteiger partial charge in [-0.05, 0) is 52.5 Å². The lowest BCUT2D eigenvalue weighted by atomic mass is 10.0. The smallest absolute Gasteiger partial charge is 0.355 e. The molecule has 1 aromatic heterocycles. The maximum Gasteiger partial charge on any atom is 0.355 e. The van der Waals surface area contributed by atoms with Crippen LogP contribution in [0.2, 0.25) is 0 Å². The van der Waals surface area contributed by atoms with Crippen LogP contribution in [0.5, 0.6) is 0 Å². The summed E-state index contributed by atoms with van der Waals surface area (Å²) in [7, 11) is 1.63. The number of amides is 1. The average molecular weight is 421 g/mol. The van der Waals surface area contributed by atoms with Gasteiger partial charge in [0, 0.05) is 44.0 Å². The molecule has 1 fully saturated rings. The Morgan fingerprint density at radius 2 is 1.80 bits per heavy atom. The number of hydrogen-bond donors (Lipinski definition) is 0. The van der Waals surface area contributed by atoms with Crippen LogP contribution in [0.3, 0.4) is 0 Å². The van der Waals surface area contributed by atoms with E-state index in [1.54, 1.807) is 25.9 Å². The van der Waals surface area contributed by atoms with Gasteiger partial charge >= 0.3 is 5.97 Å². The molecular weight excluding hydrogens is 384 g/mol. The molecule has 7 nitrogen and oxygen atoms in total. The molecule has 0 spiro atoms. The summed E-state index contributed by atoms with van der Waals surface area (Å²) in [5.41, 5.74) is 2.32. The third-order valence-corrected chi connectivity index (χ3v) is 5.96. The quantitative estimate of drug-likeness (QED) is 0.311. The molecule has 0 N–H and O–H groups in total. The van der Waals surface area contributed by atoms with Crippen molar-refractivity contribution in [3.63, 3.8) is 0 Å². The van der Waals surface area contributed by atoms with Gasteiger partial charge < -0.3 is 18.9 Å². The monoisotopic (exact) mass is 420 g/mol. The van der Waals surface area contributed by atoms with Gasteiger partial charge in [-0.2, -0.15) is 0 Å². The largest absolute Gasteiger partial charge is 0.461 e. The predicted molar refractivity (Wildman–Crippen MR) is 115 cm³/mol. The van der Waals surface area contributed by atoms with Gasteiger partial charge in [-0.25, -0.2) is 4.79 Å². The minimum Gasteiger partial charge on any atom is -0.461 e. The molecule has 0 aromatic carbocycles. The maximum absolute atomic E-state index is 13.3. The molecule has 1 aliphatic carbocycles. The molecule has 1 heterocycles. The van der Waals surface area contributed by atoms with Crippen molar-refractivity contribution in [2.24, 2.45) is 5.92 Å². The van der Waals surface area contributed by atoms with Crippen molar-refractivity contribution in [3.8, 4) is 0 Å². The molecule has 0 radical (unpaired) electrons. The fourth-order valence-corrected chi connectivity index (χ4v) is 4.51. The number of ketones is 1. The second-order valence-electron chi connectivity index (χ2n) is 7.91. The van der Waals surface area contributed by atoms with Crippen LogP contribution >= 0.6 is 0 Å². The van der Waals surface area contributed by atoms with Gasteiger partial charge in [0.2, 0.25) is 5.91 Å². The van der Waals surface area contributed by atoms with Crippen molar-refractivity contribution in [1.29, 1.82) is 0 Å². The molecule has 1 aromatic rings. The highest BCUT2D eigenvalue weighted by atomic mass is 16.5. The number of hydrogen-bond acceptors (Lipinski definition) is 5. The number of methoxy groups -OCH3 is 1. The molecule has 2 rings (SSSR count). The van der Waals surface area contributed by atoms with Gasteiger partial charge in [-0.15, -0.1) is 0 Å². The van der Waals surface area contributed by atoms with Crippen molar-refractivity contribution >= 4 is 17.7 Å². The number of ether oxygens (including phenoxy) is 2. The molecule has 1 saturated carbocycles. The fraction of sp³-hybridized carbons (Fsp3) is 0.696. The van der Waals surface area contributed by atoms with E-state index in [9.17, 15) is 14.4 Å². The van der Waals surface area contributed by atoms with Crippen LogP contribution in [0.15, 0.2) is 0 Å². The standard InChI is InChI=1S/C23H36N2O5/c1-6-25-17(4)20(16(3)21(25)23(28)30-7-2)19(26)15-24(13-10-14-29-5)22(27)18-11-8-9-12-18/h18H,6-15H2,1-5H3. The van der Waals surface area contributed by atoms with E-state index < -0.39 is 5.97 Å². The fourth-order valence-electron chi connectivity index (χ4n) is 4.51. The first kappa shape index (κ1) is 24.1. The highest BCUT2D eigenvalue weighted by Crippen LogP contribution is 2.28. The molecule has 0 aliphatic heterocycles. The average Bonchev–Trinajstić information content (AvgIpc) is 3.33. The Labute approximate surface area is 179 Å². The van der Waals surface area contributed by atoms with E-state index in [1.165, 1.54) is 0 Å². The summed E-state index contributed by atoms with van der Waals surface area (Å²) in [4.78, 5) is 40.5. The Hall–Kier alpha value is -2.15. The second-order valence-corrected chi connectivity index (χ2v) is 7.91. The number of carbonyl (C=O) groups is 3. The van der Waals surface area contributed by atoms with Crippen LogP contribution in [-0.4, -0.2) is 60.5 Å². The van der Waals surface area contributed by atoms with E-state index in [0.29, 0.717) is 42.9 Å². The summed E-state index contributed by atoms with van der Waals surface area (Å²) in [5.74, 6) is -0.477. The number of aromatic nitrogens is 1. The predicted octanol–water partition coefficient (Wildman–Crippen LogP) is 3.54. The summed E-state index contributed by atoms with van der Waals surface area (Å²) in [6, 6.07) is 0. The molecule has 1 amide bonds. The van der Waals surface area contributed by atoms with Gasteiger partial charge in [0.25, 0.3) is 0 Å². The Bertz CT molecular complexity index is 762. The molecule has 168 valence electrons. The summed E-state index contributed by atoms with van der Waals surface area (Å²) in [6.45, 7) is 9.23. The molecule has 0 saturated heterocycles. The van der Waals surface area contributed by atoms with E-state index in [0.717, 1.165) is 31.4 Å². The minimum atomic E-state index is -0.419. The minimum absolute atomic E-state index is 0.0119. The van der Waals surface area contributed by atoms with Crippen LogP contribution in [0.4, 0.5) is 0 Å². The first-order chi connectivity index (χ1) is 14.4. The lowest BCUT2D eigenvalue weighted by Gasteiger charge is -2.25. The SMILES string of the molecule is CCOC(=O)c1c(C)c(C(=O)CN(CCCOC)C(=O)C2CCCC2)c(C)n1CC. The zero-order chi connectivity index (χ0) is 22.3. The van der Waals surface area contributed by atoms with E-state index in [4.69, 9.17) is 9.47 Å². The molecule has 1 aliphatic rings. The lowest BCUT2D eigenvalue weighted by molar-refractivity contribution is -0.135. The van der Waals surface area contributed by atoms with Gasteiger partial charge in [0.1, 0.15) is 5.69 Å². The van der Waals surface area contributed by atoms with Crippen molar-refractivity contribution in [3.05, 3.63) is 22.5 Å². The van der Waals surface area contributed by atoms with Gasteiger partial charge in [0.15, 0.2) is 5.78 Å². The van der Waals surface area contributed by atoms with Crippen LogP contribution in [0.25, 0.3) is 0 Å². The van der Waals surface area contributed by atoms with Gasteiger partial charge in [0.05, 0.1) is 13.2 Å². The topological polar surface area (TPSA) is 77.8 Å². The number of carbonyl (C=O) groups excluding carboxylic acids is 3. The molecule has 7 heteroatoms. The Morgan fingerprint density at radius 1 is 1.13 bits per heavy atom. The number of esters is 1. The number of rotatable bonds is 11. The lowest BCUT2D eigenvalue weighted by Crippen LogP contribution is -2.40. The molecular formula is C23H36N2O5. The van der Waals surface area contributed by atoms with Crippen molar-refractivity contribution < 1.29 is 23.9 Å². The van der Waals surface area contributed by atoms with Crippen LogP contribution in [-0.2, 0) is 20.8 Å². The van der Waals surface area contributed by atoms with Crippen molar-refractivity contribution in [1.82, 2.24) is 9.47 Å². The van der Waals surface area contributed by atoms with Crippen molar-refractivity contribution in [2.45, 2.75) is 66.3 Å². The summed E-state index contributed by atoms with van der Waals surface area (Å²) in [5, 5.41) is 0. The van der Waals surface area contributed by atoms with Crippen LogP contribution in [0, 0.1) is 19.8 Å². The van der Waals surface area contributed by atoms with Crippen LogP contribution in [0.1, 0.15) is 78.1 Å². The van der Waals surface area contributed by atoms with E-state index >= 15 is 0 Å². The van der Waals surface area contributed by atoms with E-state index in [2.05, 4.69) is 0 Å². The Morgan fingerprint density at radius 3 is 2.37 bits per heavy atom. The van der Waals surface area contributed by atoms with E-state index in [-0.39, 0.29) is 30.8 Å². The molecule has 0 unspecified atom stereocenters. The molecule has 0 atom stereocenters. The second kappa shape index (κ2) is 11.3.